The number of hydrogen-bond acceptors (Lipinski definition) is 4. The van der Waals surface area contributed by atoms with Gasteiger partial charge in [-0.2, -0.15) is 0 Å². The van der Waals surface area contributed by atoms with Gasteiger partial charge < -0.3 is 5.32 Å². The number of rotatable bonds is 4. The van der Waals surface area contributed by atoms with Crippen LogP contribution in [0.15, 0.2) is 36.9 Å². The van der Waals surface area contributed by atoms with Gasteiger partial charge >= 0.3 is 0 Å². The van der Waals surface area contributed by atoms with Crippen LogP contribution in [0.1, 0.15) is 23.0 Å². The SMILES string of the molecule is CNC(Cc1ccncc1)c1ncc(C)cn1. The van der Waals surface area contributed by atoms with E-state index in [-0.39, 0.29) is 6.04 Å². The molecule has 0 radical (unpaired) electrons. The lowest BCUT2D eigenvalue weighted by molar-refractivity contribution is 0.556. The summed E-state index contributed by atoms with van der Waals surface area (Å²) in [5, 5.41) is 3.24. The van der Waals surface area contributed by atoms with Crippen LogP contribution in [0.3, 0.4) is 0 Å². The van der Waals surface area contributed by atoms with Gasteiger partial charge in [-0.1, -0.05) is 0 Å². The number of likely N-dealkylation sites (N-methyl/N-ethyl adjacent to an activating group) is 1. The second-order valence-corrected chi connectivity index (χ2v) is 4.02. The lowest BCUT2D eigenvalue weighted by Crippen LogP contribution is -2.21. The Kier molecular flexibility index (Phi) is 3.77. The zero-order valence-electron chi connectivity index (χ0n) is 10.1. The summed E-state index contributed by atoms with van der Waals surface area (Å²) in [6.07, 6.45) is 8.16. The van der Waals surface area contributed by atoms with Crippen molar-refractivity contribution < 1.29 is 0 Å². The first kappa shape index (κ1) is 11.7. The van der Waals surface area contributed by atoms with Crippen LogP contribution in [0.25, 0.3) is 0 Å². The summed E-state index contributed by atoms with van der Waals surface area (Å²) in [7, 11) is 1.93. The van der Waals surface area contributed by atoms with Crippen LogP contribution in [-0.4, -0.2) is 22.0 Å². The molecule has 0 aromatic carbocycles. The minimum atomic E-state index is 0.137. The molecule has 1 atom stereocenters. The molecule has 0 aliphatic rings. The average Bonchev–Trinajstić information content (AvgIpc) is 2.38. The van der Waals surface area contributed by atoms with Crippen molar-refractivity contribution in [2.75, 3.05) is 7.05 Å². The topological polar surface area (TPSA) is 50.7 Å². The van der Waals surface area contributed by atoms with Gasteiger partial charge in [-0.3, -0.25) is 4.98 Å². The number of pyridine rings is 1. The number of aromatic nitrogens is 3. The molecule has 0 bridgehead atoms. The second kappa shape index (κ2) is 5.50. The van der Waals surface area contributed by atoms with Crippen LogP contribution in [0.5, 0.6) is 0 Å². The molecule has 0 saturated heterocycles. The lowest BCUT2D eigenvalue weighted by atomic mass is 10.1. The van der Waals surface area contributed by atoms with E-state index in [4.69, 9.17) is 0 Å². The van der Waals surface area contributed by atoms with E-state index in [2.05, 4.69) is 20.3 Å². The lowest BCUT2D eigenvalue weighted by Gasteiger charge is -2.14. The molecule has 1 unspecified atom stereocenters. The highest BCUT2D eigenvalue weighted by Gasteiger charge is 2.12. The summed E-state index contributed by atoms with van der Waals surface area (Å²) in [5.74, 6) is 0.829. The van der Waals surface area contributed by atoms with Gasteiger partial charge in [-0.25, -0.2) is 9.97 Å². The van der Waals surface area contributed by atoms with Crippen LogP contribution >= 0.6 is 0 Å². The van der Waals surface area contributed by atoms with Crippen molar-refractivity contribution in [2.45, 2.75) is 19.4 Å². The fourth-order valence-electron chi connectivity index (χ4n) is 1.66. The van der Waals surface area contributed by atoms with Crippen molar-refractivity contribution >= 4 is 0 Å². The molecule has 0 amide bonds. The van der Waals surface area contributed by atoms with Gasteiger partial charge in [-0.15, -0.1) is 0 Å². The molecule has 2 rings (SSSR count). The molecule has 2 aromatic rings. The van der Waals surface area contributed by atoms with Crippen molar-refractivity contribution in [3.8, 4) is 0 Å². The second-order valence-electron chi connectivity index (χ2n) is 4.02. The van der Waals surface area contributed by atoms with E-state index >= 15 is 0 Å². The monoisotopic (exact) mass is 228 g/mol. The van der Waals surface area contributed by atoms with Gasteiger partial charge in [0.15, 0.2) is 0 Å². The molecule has 4 nitrogen and oxygen atoms in total. The maximum Gasteiger partial charge on any atom is 0.145 e. The largest absolute Gasteiger partial charge is 0.310 e. The van der Waals surface area contributed by atoms with E-state index in [9.17, 15) is 0 Å². The number of hydrogen-bond donors (Lipinski definition) is 1. The standard InChI is InChI=1S/C13H16N4/c1-10-8-16-13(17-9-10)12(14-2)7-11-3-5-15-6-4-11/h3-6,8-9,12,14H,7H2,1-2H3. The van der Waals surface area contributed by atoms with E-state index in [0.717, 1.165) is 17.8 Å². The Morgan fingerprint density at radius 1 is 1.18 bits per heavy atom. The Bertz CT molecular complexity index is 453. The third-order valence-electron chi connectivity index (χ3n) is 2.65. The molecule has 4 heteroatoms. The Balaban J connectivity index is 2.14. The summed E-state index contributed by atoms with van der Waals surface area (Å²) >= 11 is 0. The van der Waals surface area contributed by atoms with Gasteiger partial charge in [0.25, 0.3) is 0 Å². The molecular formula is C13H16N4. The van der Waals surface area contributed by atoms with E-state index < -0.39 is 0 Å². The number of aryl methyl sites for hydroxylation is 1. The smallest absolute Gasteiger partial charge is 0.145 e. The van der Waals surface area contributed by atoms with Gasteiger partial charge in [-0.05, 0) is 43.7 Å². The van der Waals surface area contributed by atoms with E-state index in [1.807, 2.05) is 38.5 Å². The molecular weight excluding hydrogens is 212 g/mol. The summed E-state index contributed by atoms with van der Waals surface area (Å²) in [4.78, 5) is 12.7. The maximum atomic E-state index is 4.36. The molecule has 0 aliphatic carbocycles. The number of nitrogens with zero attached hydrogens (tertiary/aromatic N) is 3. The molecule has 0 saturated carbocycles. The Morgan fingerprint density at radius 3 is 2.41 bits per heavy atom. The zero-order valence-corrected chi connectivity index (χ0v) is 10.1. The third-order valence-corrected chi connectivity index (χ3v) is 2.65. The van der Waals surface area contributed by atoms with E-state index in [0.29, 0.717) is 0 Å². The van der Waals surface area contributed by atoms with Gasteiger partial charge in [0, 0.05) is 24.8 Å². The molecule has 17 heavy (non-hydrogen) atoms. The molecule has 1 N–H and O–H groups in total. The summed E-state index contributed by atoms with van der Waals surface area (Å²) < 4.78 is 0. The van der Waals surface area contributed by atoms with Crippen molar-refractivity contribution in [3.05, 3.63) is 53.9 Å². The first-order valence-electron chi connectivity index (χ1n) is 5.64. The number of nitrogens with one attached hydrogen (secondary N) is 1. The van der Waals surface area contributed by atoms with Crippen molar-refractivity contribution in [1.29, 1.82) is 0 Å². The fourth-order valence-corrected chi connectivity index (χ4v) is 1.66. The first-order chi connectivity index (χ1) is 8.29. The average molecular weight is 228 g/mol. The van der Waals surface area contributed by atoms with Gasteiger partial charge in [0.05, 0.1) is 6.04 Å². The van der Waals surface area contributed by atoms with Crippen molar-refractivity contribution in [1.82, 2.24) is 20.3 Å². The van der Waals surface area contributed by atoms with Crippen molar-refractivity contribution in [3.63, 3.8) is 0 Å². The molecule has 2 aromatic heterocycles. The van der Waals surface area contributed by atoms with Crippen LogP contribution in [0.2, 0.25) is 0 Å². The molecule has 88 valence electrons. The maximum absolute atomic E-state index is 4.36. The summed E-state index contributed by atoms with van der Waals surface area (Å²) in [5.41, 5.74) is 2.30. The predicted octanol–water partition coefficient (Wildman–Crippen LogP) is 1.68. The van der Waals surface area contributed by atoms with Crippen LogP contribution in [-0.2, 0) is 6.42 Å². The predicted molar refractivity (Wildman–Crippen MR) is 66.5 cm³/mol. The van der Waals surface area contributed by atoms with Crippen molar-refractivity contribution in [2.24, 2.45) is 0 Å². The zero-order chi connectivity index (χ0) is 12.1. The molecule has 2 heterocycles. The third kappa shape index (κ3) is 3.07. The van der Waals surface area contributed by atoms with E-state index in [1.165, 1.54) is 5.56 Å². The summed E-state index contributed by atoms with van der Waals surface area (Å²) in [6.45, 7) is 1.99. The minimum absolute atomic E-state index is 0.137. The highest BCUT2D eigenvalue weighted by molar-refractivity contribution is 5.14. The minimum Gasteiger partial charge on any atom is -0.310 e. The molecule has 0 spiro atoms. The Morgan fingerprint density at radius 2 is 1.82 bits per heavy atom. The normalized spacial score (nSPS) is 12.4. The van der Waals surface area contributed by atoms with Gasteiger partial charge in [0.2, 0.25) is 0 Å². The molecule has 0 fully saturated rings. The quantitative estimate of drug-likeness (QED) is 0.865. The van der Waals surface area contributed by atoms with Crippen LogP contribution < -0.4 is 5.32 Å². The van der Waals surface area contributed by atoms with E-state index in [1.54, 1.807) is 12.4 Å². The molecule has 0 aliphatic heterocycles. The Hall–Kier alpha value is -1.81. The first-order valence-corrected chi connectivity index (χ1v) is 5.64. The highest BCUT2D eigenvalue weighted by atomic mass is 15.0. The summed E-state index contributed by atoms with van der Waals surface area (Å²) in [6, 6.07) is 4.16. The fraction of sp³-hybridized carbons (Fsp3) is 0.308. The van der Waals surface area contributed by atoms with Crippen LogP contribution in [0.4, 0.5) is 0 Å². The van der Waals surface area contributed by atoms with Crippen LogP contribution in [0, 0.1) is 6.92 Å². The van der Waals surface area contributed by atoms with Gasteiger partial charge in [0.1, 0.15) is 5.82 Å². The Labute approximate surface area is 101 Å². The highest BCUT2D eigenvalue weighted by Crippen LogP contribution is 2.13.